The number of halogens is 3. The first-order valence-electron chi connectivity index (χ1n) is 13.8. The first kappa shape index (κ1) is 32.2. The Hall–Kier alpha value is -4.34. The number of carbonyl (C=O) groups is 3. The Morgan fingerprint density at radius 2 is 1.17 bits per heavy atom. The minimum absolute atomic E-state index is 0.109. The molecule has 0 saturated heterocycles. The molecule has 0 atom stereocenters. The molecule has 42 heavy (non-hydrogen) atoms. The van der Waals surface area contributed by atoms with Crippen molar-refractivity contribution in [2.24, 2.45) is 0 Å². The van der Waals surface area contributed by atoms with Crippen LogP contribution in [0.5, 0.6) is 17.2 Å². The fourth-order valence-electron chi connectivity index (χ4n) is 4.03. The number of benzene rings is 3. The van der Waals surface area contributed by atoms with Gasteiger partial charge in [-0.15, -0.1) is 0 Å². The van der Waals surface area contributed by atoms with E-state index in [1.54, 1.807) is 24.3 Å². The molecule has 0 aromatic heterocycles. The van der Waals surface area contributed by atoms with Crippen LogP contribution in [0.3, 0.4) is 0 Å². The molecule has 0 saturated carbocycles. The highest BCUT2D eigenvalue weighted by atomic mass is 19.2. The summed E-state index contributed by atoms with van der Waals surface area (Å²) in [6.45, 7) is 2.81. The third-order valence-corrected chi connectivity index (χ3v) is 6.37. The lowest BCUT2D eigenvalue weighted by Crippen LogP contribution is -2.14. The number of carbonyl (C=O) groups excluding carboxylic acids is 3. The molecule has 0 amide bonds. The monoisotopic (exact) mass is 586 g/mol. The van der Waals surface area contributed by atoms with Crippen LogP contribution in [0.15, 0.2) is 54.6 Å². The van der Waals surface area contributed by atoms with E-state index in [0.717, 1.165) is 20.0 Å². The van der Waals surface area contributed by atoms with Gasteiger partial charge in [-0.2, -0.15) is 4.39 Å². The van der Waals surface area contributed by atoms with Crippen molar-refractivity contribution in [2.45, 2.75) is 58.3 Å². The molecule has 0 fully saturated rings. The molecule has 0 unspecified atom stereocenters. The molecule has 10 heteroatoms. The van der Waals surface area contributed by atoms with Gasteiger partial charge < -0.3 is 18.9 Å². The lowest BCUT2D eigenvalue weighted by molar-refractivity contribution is 0.0587. The van der Waals surface area contributed by atoms with E-state index in [4.69, 9.17) is 14.2 Å². The summed E-state index contributed by atoms with van der Waals surface area (Å²) in [4.78, 5) is 36.3. The van der Waals surface area contributed by atoms with Crippen molar-refractivity contribution >= 4 is 17.9 Å². The number of ether oxygens (including phenoxy) is 4. The van der Waals surface area contributed by atoms with Crippen molar-refractivity contribution in [3.8, 4) is 17.2 Å². The maximum atomic E-state index is 14.3. The van der Waals surface area contributed by atoms with E-state index < -0.39 is 46.7 Å². The zero-order valence-corrected chi connectivity index (χ0v) is 23.6. The van der Waals surface area contributed by atoms with Crippen LogP contribution in [0.4, 0.5) is 13.2 Å². The lowest BCUT2D eigenvalue weighted by atomic mass is 10.1. The molecule has 0 aliphatic heterocycles. The number of methoxy groups -OCH3 is 1. The van der Waals surface area contributed by atoms with Crippen molar-refractivity contribution in [1.29, 1.82) is 0 Å². The Bertz CT molecular complexity index is 1360. The quantitative estimate of drug-likeness (QED) is 0.0776. The van der Waals surface area contributed by atoms with Crippen LogP contribution < -0.4 is 14.2 Å². The number of esters is 3. The van der Waals surface area contributed by atoms with E-state index in [0.29, 0.717) is 18.4 Å². The highest BCUT2D eigenvalue weighted by Crippen LogP contribution is 2.27. The van der Waals surface area contributed by atoms with Crippen LogP contribution in [0.2, 0.25) is 0 Å². The summed E-state index contributed by atoms with van der Waals surface area (Å²) in [5.41, 5.74) is -1.08. The summed E-state index contributed by atoms with van der Waals surface area (Å²) >= 11 is 0. The number of rotatable bonds is 15. The average Bonchev–Trinajstić information content (AvgIpc) is 2.99. The van der Waals surface area contributed by atoms with E-state index in [1.165, 1.54) is 62.8 Å². The maximum absolute atomic E-state index is 14.3. The topological polar surface area (TPSA) is 88.1 Å². The van der Waals surface area contributed by atoms with Gasteiger partial charge in [-0.3, -0.25) is 0 Å². The van der Waals surface area contributed by atoms with Crippen molar-refractivity contribution in [1.82, 2.24) is 0 Å². The molecule has 3 rings (SSSR count). The van der Waals surface area contributed by atoms with Gasteiger partial charge in [0.05, 0.1) is 24.8 Å². The standard InChI is InChI=1S/C32H33F3O7/c1-3-4-5-6-7-8-9-10-19-40-23-15-11-21(12-16-23)30(36)41-24-17-13-22(14-18-24)31(37)42-26-20-25(33)27(32(38)39-2)29(35)28(26)34/h11-18,20H,3-10,19H2,1-2H3. The Morgan fingerprint density at radius 1 is 0.643 bits per heavy atom. The highest BCUT2D eigenvalue weighted by Gasteiger charge is 2.27. The summed E-state index contributed by atoms with van der Waals surface area (Å²) in [7, 11) is 0.874. The Morgan fingerprint density at radius 3 is 1.74 bits per heavy atom. The summed E-state index contributed by atoms with van der Waals surface area (Å²) < 4.78 is 62.5. The fourth-order valence-corrected chi connectivity index (χ4v) is 4.03. The highest BCUT2D eigenvalue weighted by molar-refractivity contribution is 5.93. The van der Waals surface area contributed by atoms with E-state index in [1.807, 2.05) is 0 Å². The minimum atomic E-state index is -1.85. The molecular weight excluding hydrogens is 553 g/mol. The largest absolute Gasteiger partial charge is 0.494 e. The van der Waals surface area contributed by atoms with Gasteiger partial charge >= 0.3 is 17.9 Å². The number of hydrogen-bond donors (Lipinski definition) is 0. The minimum Gasteiger partial charge on any atom is -0.494 e. The molecular formula is C32H33F3O7. The maximum Gasteiger partial charge on any atom is 0.343 e. The van der Waals surface area contributed by atoms with Crippen LogP contribution >= 0.6 is 0 Å². The SMILES string of the molecule is CCCCCCCCCCOc1ccc(C(=O)Oc2ccc(C(=O)Oc3cc(F)c(C(=O)OC)c(F)c3F)cc2)cc1. The van der Waals surface area contributed by atoms with Crippen LogP contribution in [0.1, 0.15) is 89.4 Å². The Kier molecular flexibility index (Phi) is 12.4. The van der Waals surface area contributed by atoms with Gasteiger partial charge in [0, 0.05) is 6.07 Å². The van der Waals surface area contributed by atoms with Gasteiger partial charge in [-0.25, -0.2) is 23.2 Å². The zero-order chi connectivity index (χ0) is 30.5. The molecule has 0 spiro atoms. The number of unbranched alkanes of at least 4 members (excludes halogenated alkanes) is 7. The second-order valence-electron chi connectivity index (χ2n) is 9.50. The lowest BCUT2D eigenvalue weighted by Gasteiger charge is -2.10. The van der Waals surface area contributed by atoms with E-state index in [2.05, 4.69) is 11.7 Å². The molecule has 3 aromatic carbocycles. The van der Waals surface area contributed by atoms with Crippen LogP contribution in [-0.4, -0.2) is 31.6 Å². The van der Waals surface area contributed by atoms with E-state index in [9.17, 15) is 27.6 Å². The van der Waals surface area contributed by atoms with Gasteiger partial charge in [0.1, 0.15) is 22.9 Å². The fraction of sp³-hybridized carbons (Fsp3) is 0.344. The van der Waals surface area contributed by atoms with Gasteiger partial charge in [-0.05, 0) is 55.0 Å². The normalized spacial score (nSPS) is 10.7. The predicted octanol–water partition coefficient (Wildman–Crippen LogP) is 7.85. The van der Waals surface area contributed by atoms with E-state index in [-0.39, 0.29) is 16.9 Å². The third kappa shape index (κ3) is 9.09. The van der Waals surface area contributed by atoms with Gasteiger partial charge in [0.15, 0.2) is 11.6 Å². The molecule has 0 N–H and O–H groups in total. The molecule has 0 radical (unpaired) electrons. The smallest absolute Gasteiger partial charge is 0.343 e. The summed E-state index contributed by atoms with van der Waals surface area (Å²) in [6.07, 6.45) is 9.65. The van der Waals surface area contributed by atoms with Crippen molar-refractivity contribution < 1.29 is 46.5 Å². The van der Waals surface area contributed by atoms with Crippen molar-refractivity contribution in [3.63, 3.8) is 0 Å². The first-order valence-corrected chi connectivity index (χ1v) is 13.8. The molecule has 7 nitrogen and oxygen atoms in total. The molecule has 0 bridgehead atoms. The van der Waals surface area contributed by atoms with E-state index >= 15 is 0 Å². The average molecular weight is 587 g/mol. The van der Waals surface area contributed by atoms with Gasteiger partial charge in [-0.1, -0.05) is 51.9 Å². The summed E-state index contributed by atoms with van der Waals surface area (Å²) in [5, 5.41) is 0. The Balaban J connectivity index is 1.48. The van der Waals surface area contributed by atoms with Crippen LogP contribution in [0, 0.1) is 17.5 Å². The zero-order valence-electron chi connectivity index (χ0n) is 23.6. The first-order chi connectivity index (χ1) is 20.2. The second kappa shape index (κ2) is 16.2. The summed E-state index contributed by atoms with van der Waals surface area (Å²) in [6, 6.07) is 11.9. The molecule has 0 aliphatic rings. The summed E-state index contributed by atoms with van der Waals surface area (Å²) in [5.74, 6) is -8.55. The molecule has 224 valence electrons. The van der Waals surface area contributed by atoms with Crippen LogP contribution in [-0.2, 0) is 4.74 Å². The van der Waals surface area contributed by atoms with Crippen LogP contribution in [0.25, 0.3) is 0 Å². The van der Waals surface area contributed by atoms with Crippen molar-refractivity contribution in [3.05, 3.63) is 88.7 Å². The third-order valence-electron chi connectivity index (χ3n) is 6.37. The predicted molar refractivity (Wildman–Crippen MR) is 149 cm³/mol. The van der Waals surface area contributed by atoms with Crippen molar-refractivity contribution in [2.75, 3.05) is 13.7 Å². The second-order valence-corrected chi connectivity index (χ2v) is 9.50. The van der Waals surface area contributed by atoms with Gasteiger partial charge in [0.2, 0.25) is 5.82 Å². The molecule has 0 heterocycles. The molecule has 0 aliphatic carbocycles. The van der Waals surface area contributed by atoms with Gasteiger partial charge in [0.25, 0.3) is 0 Å². The Labute approximate surface area is 242 Å². The molecule has 3 aromatic rings. The number of hydrogen-bond acceptors (Lipinski definition) is 7.